The number of ether oxygens (including phenoxy) is 1. The van der Waals surface area contributed by atoms with E-state index in [1.54, 1.807) is 24.1 Å². The predicted octanol–water partition coefficient (Wildman–Crippen LogP) is 1.92. The van der Waals surface area contributed by atoms with Crippen LogP contribution in [-0.2, 0) is 4.74 Å². The molecule has 2 N–H and O–H groups in total. The molecule has 1 aromatic rings. The molecule has 1 saturated heterocycles. The normalized spacial score (nSPS) is 25.6. The van der Waals surface area contributed by atoms with Gasteiger partial charge >= 0.3 is 0 Å². The van der Waals surface area contributed by atoms with Gasteiger partial charge in [0.2, 0.25) is 0 Å². The number of anilines is 1. The number of rotatable bonds is 6. The highest BCUT2D eigenvalue weighted by molar-refractivity contribution is 5.97. The first-order chi connectivity index (χ1) is 14.0. The minimum atomic E-state index is -0.604. The number of benzene rings is 1. The van der Waals surface area contributed by atoms with Gasteiger partial charge in [-0.3, -0.25) is 9.69 Å². The topological polar surface area (TPSA) is 76.5 Å². The first kappa shape index (κ1) is 21.9. The molecule has 3 atom stereocenters. The van der Waals surface area contributed by atoms with Gasteiger partial charge in [0.05, 0.1) is 30.9 Å². The average molecular weight is 406 g/mol. The summed E-state index contributed by atoms with van der Waals surface area (Å²) in [6.45, 7) is 8.80. The molecule has 1 aromatic carbocycles. The summed E-state index contributed by atoms with van der Waals surface area (Å²) in [5, 5.41) is 21.6. The summed E-state index contributed by atoms with van der Waals surface area (Å²) in [5.74, 6) is -0.262. The predicted molar refractivity (Wildman–Crippen MR) is 114 cm³/mol. The Hall–Kier alpha value is -1.83. The molecule has 7 heteroatoms. The smallest absolute Gasteiger partial charge is 0.257 e. The molecule has 162 valence electrons. The summed E-state index contributed by atoms with van der Waals surface area (Å²) in [4.78, 5) is 19.1. The summed E-state index contributed by atoms with van der Waals surface area (Å²) in [5.41, 5.74) is 1.18. The number of amides is 1. The van der Waals surface area contributed by atoms with Crippen molar-refractivity contribution in [3.63, 3.8) is 0 Å². The van der Waals surface area contributed by atoms with Gasteiger partial charge in [-0.2, -0.15) is 0 Å². The summed E-state index contributed by atoms with van der Waals surface area (Å²) < 4.78 is 5.43. The molecule has 7 nitrogen and oxygen atoms in total. The Morgan fingerprint density at radius 2 is 1.90 bits per heavy atom. The molecule has 29 heavy (non-hydrogen) atoms. The van der Waals surface area contributed by atoms with Crippen LogP contribution in [0.15, 0.2) is 18.2 Å². The van der Waals surface area contributed by atoms with Crippen molar-refractivity contribution in [1.29, 1.82) is 0 Å². The van der Waals surface area contributed by atoms with Crippen LogP contribution in [0.1, 0.15) is 43.5 Å². The highest BCUT2D eigenvalue weighted by Gasteiger charge is 2.39. The van der Waals surface area contributed by atoms with Crippen molar-refractivity contribution >= 4 is 11.6 Å². The maximum atomic E-state index is 13.1. The fourth-order valence-electron chi connectivity index (χ4n) is 4.69. The highest BCUT2D eigenvalue weighted by Crippen LogP contribution is 2.30. The molecule has 0 bridgehead atoms. The van der Waals surface area contributed by atoms with E-state index in [0.717, 1.165) is 51.1 Å². The van der Waals surface area contributed by atoms with E-state index in [0.29, 0.717) is 13.2 Å². The molecule has 0 radical (unpaired) electrons. The van der Waals surface area contributed by atoms with Crippen LogP contribution >= 0.6 is 0 Å². The molecule has 0 unspecified atom stereocenters. The molecule has 1 aliphatic carbocycles. The molecule has 1 heterocycles. The Morgan fingerprint density at radius 1 is 1.21 bits per heavy atom. The summed E-state index contributed by atoms with van der Waals surface area (Å²) in [7, 11) is 1.73. The van der Waals surface area contributed by atoms with Gasteiger partial charge in [0, 0.05) is 51.0 Å². The number of hydrogen-bond donors (Lipinski definition) is 2. The van der Waals surface area contributed by atoms with E-state index in [9.17, 15) is 15.0 Å². The minimum absolute atomic E-state index is 0.0127. The Bertz CT molecular complexity index is 689. The van der Waals surface area contributed by atoms with Gasteiger partial charge in [-0.05, 0) is 45.2 Å². The summed E-state index contributed by atoms with van der Waals surface area (Å²) in [6.07, 6.45) is 2.06. The molecule has 1 amide bonds. The van der Waals surface area contributed by atoms with Crippen LogP contribution in [0.2, 0.25) is 0 Å². The lowest BCUT2D eigenvalue weighted by molar-refractivity contribution is -0.0614. The zero-order valence-corrected chi connectivity index (χ0v) is 17.9. The Morgan fingerprint density at radius 3 is 2.52 bits per heavy atom. The van der Waals surface area contributed by atoms with E-state index in [4.69, 9.17) is 4.74 Å². The second kappa shape index (κ2) is 9.78. The van der Waals surface area contributed by atoms with Crippen molar-refractivity contribution in [3.05, 3.63) is 23.8 Å². The SMILES string of the molecule is CCN(CC)c1ccc(C(=O)N(C)[C@@H]2CCC[C@@H](N3CCOCC3)[C@@H]2O)c(O)c1. The maximum absolute atomic E-state index is 13.1. The van der Waals surface area contributed by atoms with Crippen LogP contribution in [0.4, 0.5) is 5.69 Å². The van der Waals surface area contributed by atoms with E-state index < -0.39 is 6.10 Å². The van der Waals surface area contributed by atoms with Crippen LogP contribution in [-0.4, -0.2) is 90.5 Å². The minimum Gasteiger partial charge on any atom is -0.507 e. The fraction of sp³-hybridized carbons (Fsp3) is 0.682. The van der Waals surface area contributed by atoms with Crippen molar-refractivity contribution in [2.45, 2.75) is 51.3 Å². The van der Waals surface area contributed by atoms with E-state index in [-0.39, 0.29) is 29.3 Å². The first-order valence-corrected chi connectivity index (χ1v) is 10.8. The van der Waals surface area contributed by atoms with Gasteiger partial charge in [-0.15, -0.1) is 0 Å². The van der Waals surface area contributed by atoms with Crippen molar-refractivity contribution in [2.24, 2.45) is 0 Å². The average Bonchev–Trinajstić information content (AvgIpc) is 2.74. The summed E-state index contributed by atoms with van der Waals surface area (Å²) >= 11 is 0. The van der Waals surface area contributed by atoms with Crippen LogP contribution in [0.3, 0.4) is 0 Å². The Labute approximate surface area is 173 Å². The van der Waals surface area contributed by atoms with Gasteiger partial charge in [0.25, 0.3) is 5.91 Å². The molecular formula is C22H35N3O4. The lowest BCUT2D eigenvalue weighted by Gasteiger charge is -2.45. The van der Waals surface area contributed by atoms with Crippen molar-refractivity contribution in [3.8, 4) is 5.75 Å². The number of aromatic hydroxyl groups is 1. The second-order valence-corrected chi connectivity index (χ2v) is 7.99. The number of nitrogens with zero attached hydrogens (tertiary/aromatic N) is 3. The van der Waals surface area contributed by atoms with Gasteiger partial charge in [0.15, 0.2) is 0 Å². The number of hydrogen-bond acceptors (Lipinski definition) is 6. The number of carbonyl (C=O) groups is 1. The zero-order chi connectivity index (χ0) is 21.0. The molecule has 3 rings (SSSR count). The number of morpholine rings is 1. The second-order valence-electron chi connectivity index (χ2n) is 7.99. The van der Waals surface area contributed by atoms with Gasteiger partial charge < -0.3 is 24.7 Å². The van der Waals surface area contributed by atoms with Gasteiger partial charge in [0.1, 0.15) is 5.75 Å². The number of phenolic OH excluding ortho intramolecular Hbond substituents is 1. The molecule has 2 fully saturated rings. The standard InChI is InChI=1S/C22H35N3O4/c1-4-24(5-2)16-9-10-17(20(26)15-16)22(28)23(3)18-7-6-8-19(21(18)27)25-11-13-29-14-12-25/h9-10,15,18-19,21,26-27H,4-8,11-14H2,1-3H3/t18-,19-,21-/m1/s1. The van der Waals surface area contributed by atoms with E-state index in [2.05, 4.69) is 23.6 Å². The number of phenols is 1. The highest BCUT2D eigenvalue weighted by atomic mass is 16.5. The molecule has 0 spiro atoms. The lowest BCUT2D eigenvalue weighted by Crippen LogP contribution is -2.58. The monoisotopic (exact) mass is 405 g/mol. The van der Waals surface area contributed by atoms with Crippen molar-refractivity contribution in [1.82, 2.24) is 9.80 Å². The third-order valence-corrected chi connectivity index (χ3v) is 6.46. The van der Waals surface area contributed by atoms with Gasteiger partial charge in [-0.1, -0.05) is 0 Å². The van der Waals surface area contributed by atoms with Crippen LogP contribution in [0.25, 0.3) is 0 Å². The molecular weight excluding hydrogens is 370 g/mol. The van der Waals surface area contributed by atoms with Crippen molar-refractivity contribution in [2.75, 3.05) is 51.3 Å². The summed E-state index contributed by atoms with van der Waals surface area (Å²) in [6, 6.07) is 5.01. The third kappa shape index (κ3) is 4.68. The fourth-order valence-corrected chi connectivity index (χ4v) is 4.69. The Balaban J connectivity index is 1.73. The number of carbonyl (C=O) groups excluding carboxylic acids is 1. The van der Waals surface area contributed by atoms with Crippen LogP contribution in [0, 0.1) is 0 Å². The molecule has 0 aromatic heterocycles. The lowest BCUT2D eigenvalue weighted by atomic mass is 9.85. The van der Waals surface area contributed by atoms with Crippen LogP contribution in [0.5, 0.6) is 5.75 Å². The third-order valence-electron chi connectivity index (χ3n) is 6.46. The number of aliphatic hydroxyl groups excluding tert-OH is 1. The van der Waals surface area contributed by atoms with E-state index in [1.807, 2.05) is 6.07 Å². The van der Waals surface area contributed by atoms with Gasteiger partial charge in [-0.25, -0.2) is 0 Å². The largest absolute Gasteiger partial charge is 0.507 e. The molecule has 2 aliphatic rings. The number of aliphatic hydroxyl groups is 1. The quantitative estimate of drug-likeness (QED) is 0.753. The maximum Gasteiger partial charge on any atom is 0.257 e. The van der Waals surface area contributed by atoms with Crippen LogP contribution < -0.4 is 4.90 Å². The van der Waals surface area contributed by atoms with E-state index in [1.165, 1.54) is 0 Å². The van der Waals surface area contributed by atoms with E-state index >= 15 is 0 Å². The molecule has 1 saturated carbocycles. The number of likely N-dealkylation sites (N-methyl/N-ethyl adjacent to an activating group) is 1. The van der Waals surface area contributed by atoms with Crippen molar-refractivity contribution < 1.29 is 19.7 Å². The molecule has 1 aliphatic heterocycles. The first-order valence-electron chi connectivity index (χ1n) is 10.8. The zero-order valence-electron chi connectivity index (χ0n) is 17.9. The Kier molecular flexibility index (Phi) is 7.38.